The standard InChI is InChI=1S/C18H29N3O2/c1-15-13-20(14-16(2)21(15)10-7-11-23-3)18(22)19-12-17-8-5-4-6-9-17/h4-6,8-9,15-16H,7,10-14H2,1-3H3,(H,19,22). The minimum absolute atomic E-state index is 0.0316. The van der Waals surface area contributed by atoms with E-state index in [1.54, 1.807) is 7.11 Å². The smallest absolute Gasteiger partial charge is 0.317 e. The Balaban J connectivity index is 1.81. The topological polar surface area (TPSA) is 44.8 Å². The van der Waals surface area contributed by atoms with Gasteiger partial charge in [-0.1, -0.05) is 30.3 Å². The van der Waals surface area contributed by atoms with Crippen molar-refractivity contribution < 1.29 is 9.53 Å². The van der Waals surface area contributed by atoms with Gasteiger partial charge in [-0.2, -0.15) is 0 Å². The number of hydrogen-bond acceptors (Lipinski definition) is 3. The van der Waals surface area contributed by atoms with E-state index < -0.39 is 0 Å². The minimum atomic E-state index is 0.0316. The van der Waals surface area contributed by atoms with Crippen LogP contribution in [0.4, 0.5) is 4.79 Å². The van der Waals surface area contributed by atoms with Crippen molar-refractivity contribution in [3.8, 4) is 0 Å². The maximum absolute atomic E-state index is 12.4. The van der Waals surface area contributed by atoms with Gasteiger partial charge in [0.15, 0.2) is 0 Å². The molecule has 1 aromatic rings. The monoisotopic (exact) mass is 319 g/mol. The van der Waals surface area contributed by atoms with Gasteiger partial charge in [0.1, 0.15) is 0 Å². The van der Waals surface area contributed by atoms with E-state index >= 15 is 0 Å². The van der Waals surface area contributed by atoms with E-state index in [4.69, 9.17) is 4.74 Å². The number of methoxy groups -OCH3 is 1. The van der Waals surface area contributed by atoms with Gasteiger partial charge in [-0.05, 0) is 25.8 Å². The van der Waals surface area contributed by atoms with Crippen molar-refractivity contribution in [2.24, 2.45) is 0 Å². The fourth-order valence-corrected chi connectivity index (χ4v) is 3.24. The maximum Gasteiger partial charge on any atom is 0.317 e. The molecule has 1 aliphatic rings. The van der Waals surface area contributed by atoms with Gasteiger partial charge in [0.2, 0.25) is 0 Å². The molecular formula is C18H29N3O2. The van der Waals surface area contributed by atoms with Crippen LogP contribution in [0.2, 0.25) is 0 Å². The predicted molar refractivity (Wildman–Crippen MR) is 92.4 cm³/mol. The number of carbonyl (C=O) groups excluding carboxylic acids is 1. The Hall–Kier alpha value is -1.59. The summed E-state index contributed by atoms with van der Waals surface area (Å²) < 4.78 is 5.14. The molecular weight excluding hydrogens is 290 g/mol. The summed E-state index contributed by atoms with van der Waals surface area (Å²) in [6.07, 6.45) is 1.03. The van der Waals surface area contributed by atoms with Crippen molar-refractivity contribution in [1.82, 2.24) is 15.1 Å². The highest BCUT2D eigenvalue weighted by atomic mass is 16.5. The van der Waals surface area contributed by atoms with Gasteiger partial charge in [0.25, 0.3) is 0 Å². The lowest BCUT2D eigenvalue weighted by Crippen LogP contribution is -2.59. The van der Waals surface area contributed by atoms with Crippen LogP contribution in [-0.2, 0) is 11.3 Å². The lowest BCUT2D eigenvalue weighted by molar-refractivity contribution is 0.0480. The van der Waals surface area contributed by atoms with Gasteiger partial charge in [0.05, 0.1) is 0 Å². The molecule has 5 heteroatoms. The third-order valence-electron chi connectivity index (χ3n) is 4.44. The first-order valence-corrected chi connectivity index (χ1v) is 8.43. The lowest BCUT2D eigenvalue weighted by Gasteiger charge is -2.44. The Morgan fingerprint density at radius 2 is 1.87 bits per heavy atom. The number of benzene rings is 1. The Labute approximate surface area is 139 Å². The van der Waals surface area contributed by atoms with Gasteiger partial charge in [-0.15, -0.1) is 0 Å². The first kappa shape index (κ1) is 17.8. The van der Waals surface area contributed by atoms with Crippen molar-refractivity contribution >= 4 is 6.03 Å². The second kappa shape index (κ2) is 8.89. The summed E-state index contributed by atoms with van der Waals surface area (Å²) in [6, 6.07) is 10.8. The summed E-state index contributed by atoms with van der Waals surface area (Å²) in [7, 11) is 1.74. The molecule has 128 valence electrons. The molecule has 0 aliphatic carbocycles. The van der Waals surface area contributed by atoms with Gasteiger partial charge in [-0.3, -0.25) is 4.90 Å². The highest BCUT2D eigenvalue weighted by Crippen LogP contribution is 2.16. The number of nitrogens with zero attached hydrogens (tertiary/aromatic N) is 2. The average molecular weight is 319 g/mol. The number of carbonyl (C=O) groups is 1. The van der Waals surface area contributed by atoms with Gasteiger partial charge >= 0.3 is 6.03 Å². The molecule has 1 saturated heterocycles. The van der Waals surface area contributed by atoms with Crippen LogP contribution >= 0.6 is 0 Å². The molecule has 2 rings (SSSR count). The molecule has 0 radical (unpaired) electrons. The zero-order chi connectivity index (χ0) is 16.7. The van der Waals surface area contributed by atoms with E-state index in [0.29, 0.717) is 18.6 Å². The van der Waals surface area contributed by atoms with Crippen molar-refractivity contribution in [2.45, 2.75) is 38.9 Å². The molecule has 1 aliphatic heterocycles. The summed E-state index contributed by atoms with van der Waals surface area (Å²) >= 11 is 0. The van der Waals surface area contributed by atoms with Crippen molar-refractivity contribution in [3.63, 3.8) is 0 Å². The molecule has 1 heterocycles. The fourth-order valence-electron chi connectivity index (χ4n) is 3.24. The zero-order valence-corrected chi connectivity index (χ0v) is 14.5. The van der Waals surface area contributed by atoms with Crippen LogP contribution in [0, 0.1) is 0 Å². The van der Waals surface area contributed by atoms with E-state index in [0.717, 1.165) is 38.2 Å². The highest BCUT2D eigenvalue weighted by molar-refractivity contribution is 5.74. The Morgan fingerprint density at radius 3 is 2.48 bits per heavy atom. The predicted octanol–water partition coefficient (Wildman–Crippen LogP) is 2.33. The van der Waals surface area contributed by atoms with Crippen molar-refractivity contribution in [1.29, 1.82) is 0 Å². The van der Waals surface area contributed by atoms with E-state index in [1.807, 2.05) is 35.2 Å². The SMILES string of the molecule is COCCCN1C(C)CN(C(=O)NCc2ccccc2)CC1C. The van der Waals surface area contributed by atoms with Crippen LogP contribution in [-0.4, -0.2) is 61.3 Å². The third kappa shape index (κ3) is 5.22. The van der Waals surface area contributed by atoms with Crippen LogP contribution in [0.3, 0.4) is 0 Å². The van der Waals surface area contributed by atoms with Gasteiger partial charge in [0, 0.05) is 52.0 Å². The lowest BCUT2D eigenvalue weighted by atomic mass is 10.1. The number of hydrogen-bond donors (Lipinski definition) is 1. The maximum atomic E-state index is 12.4. The van der Waals surface area contributed by atoms with Crippen molar-refractivity contribution in [3.05, 3.63) is 35.9 Å². The molecule has 23 heavy (non-hydrogen) atoms. The van der Waals surface area contributed by atoms with E-state index in [1.165, 1.54) is 0 Å². The van der Waals surface area contributed by atoms with Crippen LogP contribution in [0.5, 0.6) is 0 Å². The number of ether oxygens (including phenoxy) is 1. The third-order valence-corrected chi connectivity index (χ3v) is 4.44. The molecule has 5 nitrogen and oxygen atoms in total. The minimum Gasteiger partial charge on any atom is -0.385 e. The van der Waals surface area contributed by atoms with Crippen LogP contribution in [0.15, 0.2) is 30.3 Å². The van der Waals surface area contributed by atoms with Gasteiger partial charge < -0.3 is 15.0 Å². The first-order chi connectivity index (χ1) is 11.1. The summed E-state index contributed by atoms with van der Waals surface area (Å²) in [5.41, 5.74) is 1.13. The summed E-state index contributed by atoms with van der Waals surface area (Å²) in [4.78, 5) is 16.8. The molecule has 1 N–H and O–H groups in total. The molecule has 1 fully saturated rings. The zero-order valence-electron chi connectivity index (χ0n) is 14.5. The summed E-state index contributed by atoms with van der Waals surface area (Å²) in [5.74, 6) is 0. The Kier molecular flexibility index (Phi) is 6.86. The molecule has 0 saturated carbocycles. The number of piperazine rings is 1. The number of urea groups is 1. The van der Waals surface area contributed by atoms with Crippen LogP contribution < -0.4 is 5.32 Å². The Morgan fingerprint density at radius 1 is 1.22 bits per heavy atom. The number of nitrogens with one attached hydrogen (secondary N) is 1. The van der Waals surface area contributed by atoms with E-state index in [2.05, 4.69) is 24.1 Å². The summed E-state index contributed by atoms with van der Waals surface area (Å²) in [6.45, 7) is 8.33. The fraction of sp³-hybridized carbons (Fsp3) is 0.611. The largest absolute Gasteiger partial charge is 0.385 e. The molecule has 2 unspecified atom stereocenters. The van der Waals surface area contributed by atoms with Crippen LogP contribution in [0.25, 0.3) is 0 Å². The molecule has 1 aromatic carbocycles. The molecule has 2 amide bonds. The van der Waals surface area contributed by atoms with E-state index in [9.17, 15) is 4.79 Å². The summed E-state index contributed by atoms with van der Waals surface area (Å²) in [5, 5.41) is 3.03. The number of rotatable bonds is 6. The van der Waals surface area contributed by atoms with Crippen LogP contribution in [0.1, 0.15) is 25.8 Å². The second-order valence-electron chi connectivity index (χ2n) is 6.33. The Bertz CT molecular complexity index is 468. The molecule has 0 bridgehead atoms. The molecule has 0 spiro atoms. The number of amides is 2. The van der Waals surface area contributed by atoms with Gasteiger partial charge in [-0.25, -0.2) is 4.79 Å². The quantitative estimate of drug-likeness (QED) is 0.819. The highest BCUT2D eigenvalue weighted by Gasteiger charge is 2.31. The molecule has 2 atom stereocenters. The second-order valence-corrected chi connectivity index (χ2v) is 6.33. The average Bonchev–Trinajstić information content (AvgIpc) is 2.56. The van der Waals surface area contributed by atoms with Crippen molar-refractivity contribution in [2.75, 3.05) is 33.4 Å². The first-order valence-electron chi connectivity index (χ1n) is 8.43. The van der Waals surface area contributed by atoms with E-state index in [-0.39, 0.29) is 6.03 Å². The molecule has 0 aromatic heterocycles. The normalized spacial score (nSPS) is 22.1.